The molecule has 0 spiro atoms. The van der Waals surface area contributed by atoms with Crippen molar-refractivity contribution < 1.29 is 24.5 Å². The van der Waals surface area contributed by atoms with E-state index in [1.54, 1.807) is 0 Å². The van der Waals surface area contributed by atoms with E-state index in [1.165, 1.54) is 11.1 Å². The number of aliphatic carboxylic acids is 2. The predicted molar refractivity (Wildman–Crippen MR) is 106 cm³/mol. The lowest BCUT2D eigenvalue weighted by atomic mass is 9.95. The summed E-state index contributed by atoms with van der Waals surface area (Å²) in [5.41, 5.74) is 2.18. The molecule has 0 aliphatic rings. The maximum absolute atomic E-state index is 10.7. The number of ether oxygens (including phenoxy) is 1. The van der Waals surface area contributed by atoms with Crippen LogP contribution in [0.15, 0.2) is 18.2 Å². The fourth-order valence-electron chi connectivity index (χ4n) is 3.08. The topological polar surface area (TPSA) is 83.8 Å². The second kappa shape index (κ2) is 11.6. The minimum Gasteiger partial charge on any atom is -0.488 e. The number of unbranched alkanes of at least 4 members (excludes halogenated alkanes) is 4. The predicted octanol–water partition coefficient (Wildman–Crippen LogP) is 5.24. The molecule has 0 saturated carbocycles. The van der Waals surface area contributed by atoms with Gasteiger partial charge in [0.05, 0.1) is 0 Å². The second-order valence-corrected chi connectivity index (χ2v) is 8.02. The number of hydrogen-bond acceptors (Lipinski definition) is 3. The summed E-state index contributed by atoms with van der Waals surface area (Å²) in [6, 6.07) is 6.15. The van der Waals surface area contributed by atoms with Crippen LogP contribution in [-0.4, -0.2) is 27.8 Å². The highest BCUT2D eigenvalue weighted by atomic mass is 16.5. The van der Waals surface area contributed by atoms with Gasteiger partial charge >= 0.3 is 11.9 Å². The maximum atomic E-state index is 10.7. The Morgan fingerprint density at radius 1 is 0.852 bits per heavy atom. The van der Waals surface area contributed by atoms with Crippen LogP contribution in [0.2, 0.25) is 0 Å². The zero-order chi connectivity index (χ0) is 20.3. The van der Waals surface area contributed by atoms with Gasteiger partial charge < -0.3 is 14.9 Å². The van der Waals surface area contributed by atoms with Crippen molar-refractivity contribution in [2.75, 3.05) is 0 Å². The molecule has 0 saturated heterocycles. The van der Waals surface area contributed by atoms with E-state index >= 15 is 0 Å². The molecule has 152 valence electrons. The first-order valence-corrected chi connectivity index (χ1v) is 9.92. The van der Waals surface area contributed by atoms with Gasteiger partial charge in [-0.05, 0) is 76.5 Å². The highest BCUT2D eigenvalue weighted by molar-refractivity contribution is 5.66. The van der Waals surface area contributed by atoms with Crippen molar-refractivity contribution in [2.45, 2.75) is 90.6 Å². The van der Waals surface area contributed by atoms with Gasteiger partial charge in [0.25, 0.3) is 0 Å². The van der Waals surface area contributed by atoms with E-state index in [4.69, 9.17) is 14.9 Å². The Labute approximate surface area is 162 Å². The third-order valence-corrected chi connectivity index (χ3v) is 4.30. The molecule has 5 heteroatoms. The molecule has 0 aliphatic heterocycles. The minimum absolute atomic E-state index is 0.219. The zero-order valence-electron chi connectivity index (χ0n) is 16.9. The lowest BCUT2D eigenvalue weighted by molar-refractivity contribution is -0.138. The number of carbonyl (C=O) groups is 2. The molecule has 1 aromatic carbocycles. The summed E-state index contributed by atoms with van der Waals surface area (Å²) >= 11 is 0. The van der Waals surface area contributed by atoms with Crippen molar-refractivity contribution >= 4 is 11.9 Å². The van der Waals surface area contributed by atoms with Crippen LogP contribution in [0.4, 0.5) is 0 Å². The molecule has 0 unspecified atom stereocenters. The SMILES string of the molecule is CC(C)(C)Oc1cccc(CCCCCC(=O)O)c1CCCCCC(=O)O. The molecule has 1 aromatic rings. The Hall–Kier alpha value is -2.04. The highest BCUT2D eigenvalue weighted by Gasteiger charge is 2.16. The molecular formula is C22H34O5. The fourth-order valence-corrected chi connectivity index (χ4v) is 3.08. The van der Waals surface area contributed by atoms with Crippen LogP contribution in [0.25, 0.3) is 0 Å². The molecule has 0 radical (unpaired) electrons. The van der Waals surface area contributed by atoms with E-state index in [-0.39, 0.29) is 18.4 Å². The summed E-state index contributed by atoms with van der Waals surface area (Å²) in [5.74, 6) is -0.574. The number of carboxylic acids is 2. The third kappa shape index (κ3) is 10.6. The normalized spacial score (nSPS) is 11.4. The van der Waals surface area contributed by atoms with E-state index in [0.717, 1.165) is 44.3 Å². The van der Waals surface area contributed by atoms with Crippen molar-refractivity contribution in [2.24, 2.45) is 0 Å². The first-order chi connectivity index (χ1) is 12.7. The fraction of sp³-hybridized carbons (Fsp3) is 0.636. The lowest BCUT2D eigenvalue weighted by Gasteiger charge is -2.25. The molecule has 0 atom stereocenters. The Morgan fingerprint density at radius 3 is 1.93 bits per heavy atom. The van der Waals surface area contributed by atoms with E-state index in [2.05, 4.69) is 6.07 Å². The van der Waals surface area contributed by atoms with Gasteiger partial charge in [0.2, 0.25) is 0 Å². The van der Waals surface area contributed by atoms with Gasteiger partial charge in [-0.1, -0.05) is 25.0 Å². The maximum Gasteiger partial charge on any atom is 0.303 e. The van der Waals surface area contributed by atoms with E-state index in [0.29, 0.717) is 12.8 Å². The first-order valence-electron chi connectivity index (χ1n) is 9.92. The monoisotopic (exact) mass is 378 g/mol. The Balaban J connectivity index is 2.73. The summed E-state index contributed by atoms with van der Waals surface area (Å²) in [6.07, 6.45) is 7.30. The standard InChI is InChI=1S/C22H34O5/c1-22(2,3)27-19-14-10-12-17(11-6-4-8-15-20(23)24)18(19)13-7-5-9-16-21(25)26/h10,12,14H,4-9,11,13,15-16H2,1-3H3,(H,23,24)(H,25,26). The smallest absolute Gasteiger partial charge is 0.303 e. The average molecular weight is 379 g/mol. The van der Waals surface area contributed by atoms with Crippen LogP contribution in [0.1, 0.15) is 83.3 Å². The molecule has 0 fully saturated rings. The van der Waals surface area contributed by atoms with Crippen LogP contribution in [0, 0.1) is 0 Å². The highest BCUT2D eigenvalue weighted by Crippen LogP contribution is 2.29. The van der Waals surface area contributed by atoms with Gasteiger partial charge in [0.15, 0.2) is 0 Å². The van der Waals surface area contributed by atoms with Gasteiger partial charge in [-0.3, -0.25) is 9.59 Å². The van der Waals surface area contributed by atoms with Gasteiger partial charge in [0, 0.05) is 12.8 Å². The lowest BCUT2D eigenvalue weighted by Crippen LogP contribution is -2.24. The molecule has 0 heterocycles. The van der Waals surface area contributed by atoms with Crippen LogP contribution in [0.5, 0.6) is 5.75 Å². The molecule has 5 nitrogen and oxygen atoms in total. The zero-order valence-corrected chi connectivity index (χ0v) is 16.9. The molecular weight excluding hydrogens is 344 g/mol. The summed E-state index contributed by atoms with van der Waals surface area (Å²) in [7, 11) is 0. The molecule has 0 aromatic heterocycles. The number of hydrogen-bond donors (Lipinski definition) is 2. The molecule has 0 aliphatic carbocycles. The van der Waals surface area contributed by atoms with Gasteiger partial charge in [-0.2, -0.15) is 0 Å². The van der Waals surface area contributed by atoms with Gasteiger partial charge in [0.1, 0.15) is 11.4 Å². The van der Waals surface area contributed by atoms with Crippen LogP contribution >= 0.6 is 0 Å². The number of aryl methyl sites for hydroxylation is 1. The first kappa shape index (κ1) is 23.0. The van der Waals surface area contributed by atoms with Crippen molar-refractivity contribution in [3.8, 4) is 5.75 Å². The Bertz CT molecular complexity index is 601. The van der Waals surface area contributed by atoms with Crippen molar-refractivity contribution in [1.29, 1.82) is 0 Å². The second-order valence-electron chi connectivity index (χ2n) is 8.02. The Kier molecular flexibility index (Phi) is 9.90. The molecule has 1 rings (SSSR count). The number of benzene rings is 1. The van der Waals surface area contributed by atoms with Gasteiger partial charge in [-0.15, -0.1) is 0 Å². The quantitative estimate of drug-likeness (QED) is 0.459. The van der Waals surface area contributed by atoms with Gasteiger partial charge in [-0.25, -0.2) is 0 Å². The summed E-state index contributed by atoms with van der Waals surface area (Å²) < 4.78 is 6.16. The van der Waals surface area contributed by atoms with E-state index in [9.17, 15) is 9.59 Å². The number of carboxylic acid groups (broad SMARTS) is 2. The molecule has 0 bridgehead atoms. The summed E-state index contributed by atoms with van der Waals surface area (Å²) in [5, 5.41) is 17.5. The number of rotatable bonds is 13. The van der Waals surface area contributed by atoms with Crippen LogP contribution in [0.3, 0.4) is 0 Å². The van der Waals surface area contributed by atoms with Crippen molar-refractivity contribution in [3.63, 3.8) is 0 Å². The van der Waals surface area contributed by atoms with E-state index in [1.807, 2.05) is 32.9 Å². The summed E-state index contributed by atoms with van der Waals surface area (Å²) in [4.78, 5) is 21.3. The van der Waals surface area contributed by atoms with Crippen molar-refractivity contribution in [3.05, 3.63) is 29.3 Å². The van der Waals surface area contributed by atoms with Crippen molar-refractivity contribution in [1.82, 2.24) is 0 Å². The molecule has 2 N–H and O–H groups in total. The van der Waals surface area contributed by atoms with Crippen LogP contribution < -0.4 is 4.74 Å². The van der Waals surface area contributed by atoms with Crippen LogP contribution in [-0.2, 0) is 22.4 Å². The Morgan fingerprint density at radius 2 is 1.41 bits per heavy atom. The third-order valence-electron chi connectivity index (χ3n) is 4.30. The van der Waals surface area contributed by atoms with E-state index < -0.39 is 11.9 Å². The summed E-state index contributed by atoms with van der Waals surface area (Å²) in [6.45, 7) is 6.09. The minimum atomic E-state index is -0.742. The largest absolute Gasteiger partial charge is 0.488 e. The molecule has 0 amide bonds. The molecule has 27 heavy (non-hydrogen) atoms. The average Bonchev–Trinajstić information content (AvgIpc) is 2.54.